The average molecular weight is 528 g/mol. The van der Waals surface area contributed by atoms with Gasteiger partial charge < -0.3 is 19.4 Å². The number of amides is 1. The van der Waals surface area contributed by atoms with E-state index in [1.54, 1.807) is 19.2 Å². The minimum Gasteiger partial charge on any atom is -0.497 e. The van der Waals surface area contributed by atoms with Crippen LogP contribution in [0.2, 0.25) is 0 Å². The quantitative estimate of drug-likeness (QED) is 0.271. The number of thioether (sulfide) groups is 1. The Kier molecular flexibility index (Phi) is 7.33. The maximum atomic E-state index is 13.1. The first kappa shape index (κ1) is 25.4. The Balaban J connectivity index is 1.30. The van der Waals surface area contributed by atoms with E-state index in [9.17, 15) is 9.18 Å². The van der Waals surface area contributed by atoms with Crippen molar-refractivity contribution in [3.63, 3.8) is 0 Å². The van der Waals surface area contributed by atoms with Crippen molar-refractivity contribution in [1.82, 2.24) is 9.88 Å². The smallest absolute Gasteiger partial charge is 0.264 e. The standard InChI is InChI=1S/C30H26FN3O3S/c1-19-16-22(17-28-29(35)33-30(38-28)32-24-8-12-26(36-3)13-9-24)20(2)34(19)25-10-14-27(15-11-25)37-18-21-4-6-23(31)7-5-21/h4-17H,18H2,1-3H3,(H,32,33,35)/b28-17+. The molecule has 0 radical (unpaired) electrons. The number of aryl methyl sites for hydroxylation is 1. The molecule has 1 saturated heterocycles. The lowest BCUT2D eigenvalue weighted by Crippen LogP contribution is -2.19. The zero-order chi connectivity index (χ0) is 26.6. The molecule has 1 aromatic heterocycles. The molecule has 38 heavy (non-hydrogen) atoms. The van der Waals surface area contributed by atoms with Crippen molar-refractivity contribution in [2.45, 2.75) is 20.5 Å². The normalized spacial score (nSPS) is 15.2. The van der Waals surface area contributed by atoms with E-state index in [1.807, 2.05) is 68.5 Å². The zero-order valence-corrected chi connectivity index (χ0v) is 22.0. The number of halogens is 1. The molecule has 0 aliphatic carbocycles. The lowest BCUT2D eigenvalue weighted by Gasteiger charge is -2.11. The fourth-order valence-electron chi connectivity index (χ4n) is 4.17. The largest absolute Gasteiger partial charge is 0.497 e. The van der Waals surface area contributed by atoms with Gasteiger partial charge in [-0.1, -0.05) is 12.1 Å². The Hall–Kier alpha value is -4.30. The average Bonchev–Trinajstić information content (AvgIpc) is 3.41. The summed E-state index contributed by atoms with van der Waals surface area (Å²) in [6.45, 7) is 4.43. The monoisotopic (exact) mass is 527 g/mol. The van der Waals surface area contributed by atoms with Gasteiger partial charge in [-0.25, -0.2) is 9.38 Å². The Labute approximate surface area is 224 Å². The van der Waals surface area contributed by atoms with Crippen LogP contribution in [0.1, 0.15) is 22.5 Å². The molecule has 1 aliphatic heterocycles. The predicted molar refractivity (Wildman–Crippen MR) is 150 cm³/mol. The van der Waals surface area contributed by atoms with Gasteiger partial charge in [0.05, 0.1) is 17.7 Å². The summed E-state index contributed by atoms with van der Waals surface area (Å²) >= 11 is 1.32. The van der Waals surface area contributed by atoms with Crippen LogP contribution in [-0.4, -0.2) is 22.8 Å². The summed E-state index contributed by atoms with van der Waals surface area (Å²) in [6, 6.07) is 23.5. The van der Waals surface area contributed by atoms with E-state index in [0.717, 1.165) is 45.4 Å². The number of methoxy groups -OCH3 is 1. The van der Waals surface area contributed by atoms with Crippen LogP contribution in [0.25, 0.3) is 11.8 Å². The van der Waals surface area contributed by atoms with Crippen molar-refractivity contribution in [2.75, 3.05) is 7.11 Å². The summed E-state index contributed by atoms with van der Waals surface area (Å²) in [7, 11) is 1.61. The molecule has 192 valence electrons. The summed E-state index contributed by atoms with van der Waals surface area (Å²) in [5, 5.41) is 3.38. The second-order valence-electron chi connectivity index (χ2n) is 8.75. The number of amidine groups is 1. The number of nitrogens with one attached hydrogen (secondary N) is 1. The highest BCUT2D eigenvalue weighted by atomic mass is 32.2. The molecule has 3 aromatic carbocycles. The molecule has 0 unspecified atom stereocenters. The lowest BCUT2D eigenvalue weighted by atomic mass is 10.2. The summed E-state index contributed by atoms with van der Waals surface area (Å²) in [5.74, 6) is 1.04. The van der Waals surface area contributed by atoms with Crippen LogP contribution in [-0.2, 0) is 11.4 Å². The number of hydrogen-bond donors (Lipinski definition) is 1. The van der Waals surface area contributed by atoms with E-state index in [0.29, 0.717) is 16.7 Å². The first-order valence-corrected chi connectivity index (χ1v) is 12.8. The van der Waals surface area contributed by atoms with Gasteiger partial charge in [0.15, 0.2) is 5.17 Å². The SMILES string of the molecule is COc1ccc(N=C2NC(=O)/C(=C\c3cc(C)n(-c4ccc(OCc5ccc(F)cc5)cc4)c3C)S2)cc1. The number of rotatable bonds is 7. The van der Waals surface area contributed by atoms with E-state index in [4.69, 9.17) is 9.47 Å². The number of aliphatic imine (C=N–C) groups is 1. The number of benzene rings is 3. The number of carbonyl (C=O) groups is 1. The van der Waals surface area contributed by atoms with Crippen LogP contribution >= 0.6 is 11.8 Å². The fourth-order valence-corrected chi connectivity index (χ4v) is 5.00. The van der Waals surface area contributed by atoms with Gasteiger partial charge in [0, 0.05) is 17.1 Å². The first-order valence-electron chi connectivity index (χ1n) is 12.0. The molecule has 1 aliphatic rings. The molecule has 0 saturated carbocycles. The number of ether oxygens (including phenoxy) is 2. The highest BCUT2D eigenvalue weighted by Crippen LogP contribution is 2.31. The maximum absolute atomic E-state index is 13.1. The van der Waals surface area contributed by atoms with Crippen LogP contribution in [0.4, 0.5) is 10.1 Å². The van der Waals surface area contributed by atoms with Gasteiger partial charge >= 0.3 is 0 Å². The minimum atomic E-state index is -0.264. The Morgan fingerprint density at radius 2 is 1.66 bits per heavy atom. The molecule has 8 heteroatoms. The second-order valence-corrected chi connectivity index (χ2v) is 9.78. The molecule has 1 fully saturated rings. The zero-order valence-electron chi connectivity index (χ0n) is 21.2. The first-order chi connectivity index (χ1) is 18.4. The Morgan fingerprint density at radius 3 is 2.34 bits per heavy atom. The summed E-state index contributed by atoms with van der Waals surface area (Å²) in [4.78, 5) is 17.7. The molecule has 2 heterocycles. The van der Waals surface area contributed by atoms with Gasteiger partial charge in [0.1, 0.15) is 23.9 Å². The van der Waals surface area contributed by atoms with Crippen LogP contribution in [0.5, 0.6) is 11.5 Å². The third kappa shape index (κ3) is 5.65. The van der Waals surface area contributed by atoms with Crippen LogP contribution in [0.15, 0.2) is 88.8 Å². The summed E-state index contributed by atoms with van der Waals surface area (Å²) in [5.41, 5.74) is 5.65. The molecule has 0 spiro atoms. The van der Waals surface area contributed by atoms with Gasteiger partial charge in [-0.3, -0.25) is 4.79 Å². The van der Waals surface area contributed by atoms with Crippen LogP contribution < -0.4 is 14.8 Å². The molecule has 5 rings (SSSR count). The number of aromatic nitrogens is 1. The Morgan fingerprint density at radius 1 is 0.974 bits per heavy atom. The van der Waals surface area contributed by atoms with Crippen molar-refractivity contribution >= 4 is 34.6 Å². The predicted octanol–water partition coefficient (Wildman–Crippen LogP) is 6.71. The van der Waals surface area contributed by atoms with Gasteiger partial charge in [-0.15, -0.1) is 0 Å². The molecule has 0 atom stereocenters. The maximum Gasteiger partial charge on any atom is 0.264 e. The molecular formula is C30H26FN3O3S. The third-order valence-corrected chi connectivity index (χ3v) is 7.03. The topological polar surface area (TPSA) is 64.8 Å². The van der Waals surface area contributed by atoms with Gasteiger partial charge in [-0.05, 0) is 110 Å². The van der Waals surface area contributed by atoms with Crippen LogP contribution in [0, 0.1) is 19.7 Å². The van der Waals surface area contributed by atoms with E-state index in [2.05, 4.69) is 20.9 Å². The van der Waals surface area contributed by atoms with Gasteiger partial charge in [0.2, 0.25) is 0 Å². The highest BCUT2D eigenvalue weighted by Gasteiger charge is 2.24. The Bertz CT molecular complexity index is 1520. The lowest BCUT2D eigenvalue weighted by molar-refractivity contribution is -0.115. The summed E-state index contributed by atoms with van der Waals surface area (Å²) < 4.78 is 26.3. The van der Waals surface area contributed by atoms with Crippen molar-refractivity contribution in [2.24, 2.45) is 4.99 Å². The van der Waals surface area contributed by atoms with E-state index < -0.39 is 0 Å². The molecule has 1 N–H and O–H groups in total. The molecule has 6 nitrogen and oxygen atoms in total. The molecular weight excluding hydrogens is 501 g/mol. The van der Waals surface area contributed by atoms with Crippen molar-refractivity contribution < 1.29 is 18.7 Å². The van der Waals surface area contributed by atoms with Crippen molar-refractivity contribution in [1.29, 1.82) is 0 Å². The van der Waals surface area contributed by atoms with E-state index in [-0.39, 0.29) is 11.7 Å². The minimum absolute atomic E-state index is 0.172. The van der Waals surface area contributed by atoms with Crippen LogP contribution in [0.3, 0.4) is 0 Å². The number of hydrogen-bond acceptors (Lipinski definition) is 5. The van der Waals surface area contributed by atoms with Crippen molar-refractivity contribution in [3.05, 3.63) is 112 Å². The third-order valence-electron chi connectivity index (χ3n) is 6.12. The fraction of sp³-hybridized carbons (Fsp3) is 0.133. The van der Waals surface area contributed by atoms with Gasteiger partial charge in [-0.2, -0.15) is 0 Å². The molecule has 0 bridgehead atoms. The second kappa shape index (κ2) is 11.0. The van der Waals surface area contributed by atoms with Crippen molar-refractivity contribution in [3.8, 4) is 17.2 Å². The van der Waals surface area contributed by atoms with E-state index in [1.165, 1.54) is 23.9 Å². The summed E-state index contributed by atoms with van der Waals surface area (Å²) in [6.07, 6.45) is 1.90. The van der Waals surface area contributed by atoms with E-state index >= 15 is 0 Å². The number of nitrogens with zero attached hydrogens (tertiary/aromatic N) is 2. The van der Waals surface area contributed by atoms with Gasteiger partial charge in [0.25, 0.3) is 5.91 Å². The molecule has 4 aromatic rings. The molecule has 1 amide bonds. The highest BCUT2D eigenvalue weighted by molar-refractivity contribution is 8.18. The number of carbonyl (C=O) groups excluding carboxylic acids is 1.